The lowest BCUT2D eigenvalue weighted by Gasteiger charge is -2.06. The number of benzene rings is 1. The monoisotopic (exact) mass is 291 g/mol. The van der Waals surface area contributed by atoms with Gasteiger partial charge in [0.15, 0.2) is 0 Å². The second kappa shape index (κ2) is 5.25. The Morgan fingerprint density at radius 2 is 2.19 bits per heavy atom. The average molecular weight is 291 g/mol. The molecule has 0 amide bonds. The fourth-order valence-corrected chi connectivity index (χ4v) is 2.46. The molecule has 0 bridgehead atoms. The molecule has 6 nitrogen and oxygen atoms in total. The van der Waals surface area contributed by atoms with E-state index in [2.05, 4.69) is 10.2 Å². The summed E-state index contributed by atoms with van der Waals surface area (Å²) in [5.41, 5.74) is 1.41. The molecular formula is C14H14FN3O3. The first-order valence-corrected chi connectivity index (χ1v) is 6.73. The van der Waals surface area contributed by atoms with Crippen molar-refractivity contribution in [2.75, 3.05) is 6.61 Å². The van der Waals surface area contributed by atoms with Crippen LogP contribution < -0.4 is 0 Å². The van der Waals surface area contributed by atoms with Gasteiger partial charge < -0.3 is 5.11 Å². The van der Waals surface area contributed by atoms with E-state index < -0.39 is 10.7 Å². The molecule has 1 saturated carbocycles. The zero-order chi connectivity index (χ0) is 15.0. The third-order valence-electron chi connectivity index (χ3n) is 3.61. The summed E-state index contributed by atoms with van der Waals surface area (Å²) >= 11 is 0. The number of halogens is 1. The van der Waals surface area contributed by atoms with Gasteiger partial charge in [0.25, 0.3) is 5.69 Å². The lowest BCUT2D eigenvalue weighted by molar-refractivity contribution is -0.384. The summed E-state index contributed by atoms with van der Waals surface area (Å²) in [5, 5.41) is 27.2. The van der Waals surface area contributed by atoms with Crippen LogP contribution in [0.25, 0.3) is 11.3 Å². The second-order valence-corrected chi connectivity index (χ2v) is 5.17. The Morgan fingerprint density at radius 1 is 1.43 bits per heavy atom. The number of hydrogen-bond donors (Lipinski definition) is 2. The summed E-state index contributed by atoms with van der Waals surface area (Å²) in [5.74, 6) is -0.147. The predicted molar refractivity (Wildman–Crippen MR) is 73.4 cm³/mol. The van der Waals surface area contributed by atoms with Crippen LogP contribution in [0.5, 0.6) is 0 Å². The van der Waals surface area contributed by atoms with Gasteiger partial charge in [-0.3, -0.25) is 15.2 Å². The van der Waals surface area contributed by atoms with E-state index in [1.807, 2.05) is 0 Å². The lowest BCUT2D eigenvalue weighted by Crippen LogP contribution is -2.02. The van der Waals surface area contributed by atoms with Crippen LogP contribution in [-0.4, -0.2) is 26.8 Å². The summed E-state index contributed by atoms with van der Waals surface area (Å²) in [6, 6.07) is 3.94. The molecule has 7 heteroatoms. The molecule has 0 saturated heterocycles. The summed E-state index contributed by atoms with van der Waals surface area (Å²) in [7, 11) is 0. The standard InChI is InChI=1S/C14H14FN3O3/c15-10-5-9(3-4-19)14(18(20)21)11(6-10)13-7-12(16-17-13)8-1-2-8/h5-8,19H,1-4H2,(H,16,17). The van der Waals surface area contributed by atoms with Gasteiger partial charge in [0.1, 0.15) is 5.82 Å². The maximum atomic E-state index is 13.7. The minimum Gasteiger partial charge on any atom is -0.396 e. The van der Waals surface area contributed by atoms with Crippen molar-refractivity contribution in [3.05, 3.63) is 45.4 Å². The molecule has 110 valence electrons. The maximum Gasteiger partial charge on any atom is 0.282 e. The van der Waals surface area contributed by atoms with E-state index in [0.29, 0.717) is 11.6 Å². The molecule has 1 heterocycles. The number of hydrogen-bond acceptors (Lipinski definition) is 4. The highest BCUT2D eigenvalue weighted by atomic mass is 19.1. The highest BCUT2D eigenvalue weighted by molar-refractivity contribution is 5.73. The van der Waals surface area contributed by atoms with Crippen LogP contribution in [0, 0.1) is 15.9 Å². The first kappa shape index (κ1) is 13.7. The van der Waals surface area contributed by atoms with E-state index in [1.54, 1.807) is 6.07 Å². The molecule has 0 spiro atoms. The molecule has 3 rings (SSSR count). The Balaban J connectivity index is 2.12. The van der Waals surface area contributed by atoms with Crippen molar-refractivity contribution in [3.63, 3.8) is 0 Å². The third-order valence-corrected chi connectivity index (χ3v) is 3.61. The molecule has 1 aliphatic rings. The maximum absolute atomic E-state index is 13.7. The average Bonchev–Trinajstić information content (AvgIpc) is 3.16. The fraction of sp³-hybridized carbons (Fsp3) is 0.357. The molecule has 1 fully saturated rings. The Bertz CT molecular complexity index is 695. The minimum atomic E-state index is -0.574. The normalized spacial score (nSPS) is 14.4. The minimum absolute atomic E-state index is 0.0287. The largest absolute Gasteiger partial charge is 0.396 e. The third kappa shape index (κ3) is 2.64. The van der Waals surface area contributed by atoms with Gasteiger partial charge in [0, 0.05) is 30.2 Å². The highest BCUT2D eigenvalue weighted by Crippen LogP contribution is 2.41. The summed E-state index contributed by atoms with van der Waals surface area (Å²) in [4.78, 5) is 10.8. The van der Waals surface area contributed by atoms with Crippen LogP contribution >= 0.6 is 0 Å². The number of nitrogens with one attached hydrogen (secondary N) is 1. The smallest absolute Gasteiger partial charge is 0.282 e. The van der Waals surface area contributed by atoms with E-state index in [-0.39, 0.29) is 29.8 Å². The quantitative estimate of drug-likeness (QED) is 0.654. The van der Waals surface area contributed by atoms with Crippen molar-refractivity contribution in [2.45, 2.75) is 25.2 Å². The summed E-state index contributed by atoms with van der Waals surface area (Å²) in [6.45, 7) is -0.280. The van der Waals surface area contributed by atoms with Gasteiger partial charge in [-0.2, -0.15) is 5.10 Å². The van der Waals surface area contributed by atoms with Crippen molar-refractivity contribution in [3.8, 4) is 11.3 Å². The molecule has 21 heavy (non-hydrogen) atoms. The highest BCUT2D eigenvalue weighted by Gasteiger charge is 2.28. The molecular weight excluding hydrogens is 277 g/mol. The van der Waals surface area contributed by atoms with Crippen molar-refractivity contribution < 1.29 is 14.4 Å². The van der Waals surface area contributed by atoms with Gasteiger partial charge in [-0.1, -0.05) is 0 Å². The summed E-state index contributed by atoms with van der Waals surface area (Å²) in [6.07, 6.45) is 2.17. The van der Waals surface area contributed by atoms with Gasteiger partial charge in [-0.15, -0.1) is 0 Å². The molecule has 1 aromatic carbocycles. The van der Waals surface area contributed by atoms with Gasteiger partial charge >= 0.3 is 0 Å². The molecule has 0 aliphatic heterocycles. The molecule has 0 unspecified atom stereocenters. The number of nitro groups is 1. The fourth-order valence-electron chi connectivity index (χ4n) is 2.46. The first-order valence-electron chi connectivity index (χ1n) is 6.73. The van der Waals surface area contributed by atoms with Crippen molar-refractivity contribution in [2.24, 2.45) is 0 Å². The summed E-state index contributed by atoms with van der Waals surface area (Å²) < 4.78 is 13.7. The van der Waals surface area contributed by atoms with Crippen molar-refractivity contribution in [1.82, 2.24) is 10.2 Å². The number of aromatic nitrogens is 2. The zero-order valence-electron chi connectivity index (χ0n) is 11.2. The molecule has 1 aliphatic carbocycles. The molecule has 0 radical (unpaired) electrons. The van der Waals surface area contributed by atoms with Gasteiger partial charge in [0.2, 0.25) is 0 Å². The topological polar surface area (TPSA) is 92.0 Å². The molecule has 2 N–H and O–H groups in total. The van der Waals surface area contributed by atoms with Crippen molar-refractivity contribution in [1.29, 1.82) is 0 Å². The Labute approximate surface area is 119 Å². The number of H-pyrrole nitrogens is 1. The van der Waals surface area contributed by atoms with Crippen LogP contribution in [0.15, 0.2) is 18.2 Å². The molecule has 1 aromatic heterocycles. The van der Waals surface area contributed by atoms with Crippen LogP contribution in [-0.2, 0) is 6.42 Å². The SMILES string of the molecule is O=[N+]([O-])c1c(CCO)cc(F)cc1-c1cc(C2CC2)[nH]n1. The van der Waals surface area contributed by atoms with E-state index in [9.17, 15) is 14.5 Å². The Kier molecular flexibility index (Phi) is 3.42. The van der Waals surface area contributed by atoms with E-state index >= 15 is 0 Å². The lowest BCUT2D eigenvalue weighted by atomic mass is 10.0. The zero-order valence-corrected chi connectivity index (χ0v) is 11.2. The molecule has 2 aromatic rings. The molecule has 0 atom stereocenters. The number of aromatic amines is 1. The van der Waals surface area contributed by atoms with Crippen LogP contribution in [0.1, 0.15) is 30.0 Å². The number of aliphatic hydroxyl groups excluding tert-OH is 1. The number of nitro benzene ring substituents is 1. The van der Waals surface area contributed by atoms with E-state index in [1.165, 1.54) is 0 Å². The predicted octanol–water partition coefficient (Wildman–Crippen LogP) is 2.54. The van der Waals surface area contributed by atoms with Crippen LogP contribution in [0.4, 0.5) is 10.1 Å². The van der Waals surface area contributed by atoms with Gasteiger partial charge in [0.05, 0.1) is 16.2 Å². The van der Waals surface area contributed by atoms with Gasteiger partial charge in [-0.25, -0.2) is 4.39 Å². The second-order valence-electron chi connectivity index (χ2n) is 5.17. The first-order chi connectivity index (χ1) is 10.1. The Hall–Kier alpha value is -2.28. The number of aliphatic hydroxyl groups is 1. The number of nitrogens with zero attached hydrogens (tertiary/aromatic N) is 2. The van der Waals surface area contributed by atoms with E-state index in [0.717, 1.165) is 30.7 Å². The Morgan fingerprint density at radius 3 is 2.81 bits per heavy atom. The van der Waals surface area contributed by atoms with Gasteiger partial charge in [-0.05, 0) is 31.0 Å². The number of rotatable bonds is 5. The van der Waals surface area contributed by atoms with Crippen molar-refractivity contribution >= 4 is 5.69 Å². The van der Waals surface area contributed by atoms with Crippen LogP contribution in [0.3, 0.4) is 0 Å². The van der Waals surface area contributed by atoms with E-state index in [4.69, 9.17) is 5.11 Å². The van der Waals surface area contributed by atoms with Crippen LogP contribution in [0.2, 0.25) is 0 Å².